The molecular formula is C58H38N4. The number of benzene rings is 9. The van der Waals surface area contributed by atoms with Crippen molar-refractivity contribution in [1.82, 2.24) is 15.0 Å². The largest absolute Gasteiger partial charge is 0.208 e. The third-order valence-electron chi connectivity index (χ3n) is 12.1. The molecular weight excluding hydrogens is 753 g/mol. The van der Waals surface area contributed by atoms with E-state index in [1.165, 1.54) is 44.2 Å². The maximum atomic E-state index is 10.2. The summed E-state index contributed by atoms with van der Waals surface area (Å²) in [5.74, 6) is 1.76. The summed E-state index contributed by atoms with van der Waals surface area (Å²) in [5, 5.41) is 12.8. The van der Waals surface area contributed by atoms with Gasteiger partial charge in [0.05, 0.1) is 11.6 Å². The predicted octanol–water partition coefficient (Wildman–Crippen LogP) is 14.8. The summed E-state index contributed by atoms with van der Waals surface area (Å²) < 4.78 is 0. The molecule has 11 rings (SSSR count). The van der Waals surface area contributed by atoms with Crippen LogP contribution >= 0.6 is 0 Å². The van der Waals surface area contributed by atoms with Crippen molar-refractivity contribution in [3.63, 3.8) is 0 Å². The molecule has 0 radical (unpaired) electrons. The van der Waals surface area contributed by atoms with Crippen molar-refractivity contribution in [2.24, 2.45) is 0 Å². The van der Waals surface area contributed by atoms with Gasteiger partial charge in [0.15, 0.2) is 17.5 Å². The zero-order chi connectivity index (χ0) is 41.7. The zero-order valence-electron chi connectivity index (χ0n) is 34.3. The molecule has 1 heterocycles. The van der Waals surface area contributed by atoms with E-state index in [9.17, 15) is 5.26 Å². The van der Waals surface area contributed by atoms with E-state index in [2.05, 4.69) is 190 Å². The molecule has 1 aliphatic carbocycles. The van der Waals surface area contributed by atoms with Gasteiger partial charge in [-0.15, -0.1) is 0 Å². The fraction of sp³-hybridized carbons (Fsp3) is 0.0345. The van der Waals surface area contributed by atoms with Gasteiger partial charge in [-0.2, -0.15) is 5.26 Å². The maximum absolute atomic E-state index is 10.2. The molecule has 0 saturated heterocycles. The Kier molecular flexibility index (Phi) is 8.95. The zero-order valence-corrected chi connectivity index (χ0v) is 34.3. The van der Waals surface area contributed by atoms with E-state index in [1.54, 1.807) is 0 Å². The monoisotopic (exact) mass is 790 g/mol. The highest BCUT2D eigenvalue weighted by Gasteiger charge is 2.23. The van der Waals surface area contributed by atoms with Gasteiger partial charge in [-0.3, -0.25) is 0 Å². The van der Waals surface area contributed by atoms with Crippen LogP contribution in [0.15, 0.2) is 194 Å². The third kappa shape index (κ3) is 6.36. The summed E-state index contributed by atoms with van der Waals surface area (Å²) in [6.07, 6.45) is 0. The van der Waals surface area contributed by atoms with Crippen molar-refractivity contribution in [2.45, 2.75) is 13.8 Å². The van der Waals surface area contributed by atoms with Crippen molar-refractivity contribution in [3.05, 3.63) is 211 Å². The van der Waals surface area contributed by atoms with Crippen LogP contribution in [0.5, 0.6) is 0 Å². The number of fused-ring (bicyclic) bond motifs is 3. The minimum atomic E-state index is 0.561. The summed E-state index contributed by atoms with van der Waals surface area (Å²) in [6.45, 7) is 4.15. The first-order chi connectivity index (χ1) is 30.5. The Morgan fingerprint density at radius 1 is 0.323 bits per heavy atom. The number of aryl methyl sites for hydroxylation is 2. The summed E-state index contributed by atoms with van der Waals surface area (Å²) in [6, 6.07) is 70.5. The second kappa shape index (κ2) is 15.1. The van der Waals surface area contributed by atoms with Gasteiger partial charge in [0, 0.05) is 16.7 Å². The normalized spacial score (nSPS) is 11.4. The quantitative estimate of drug-likeness (QED) is 0.161. The first kappa shape index (κ1) is 36.8. The van der Waals surface area contributed by atoms with Crippen LogP contribution in [0.1, 0.15) is 16.7 Å². The van der Waals surface area contributed by atoms with Gasteiger partial charge in [0.25, 0.3) is 0 Å². The molecule has 1 aromatic heterocycles. The second-order valence-electron chi connectivity index (χ2n) is 16.0. The molecule has 10 aromatic rings. The molecule has 62 heavy (non-hydrogen) atoms. The van der Waals surface area contributed by atoms with Crippen molar-refractivity contribution < 1.29 is 0 Å². The van der Waals surface area contributed by atoms with Crippen LogP contribution in [0.4, 0.5) is 0 Å². The predicted molar refractivity (Wildman–Crippen MR) is 254 cm³/mol. The van der Waals surface area contributed by atoms with E-state index in [0.717, 1.165) is 61.2 Å². The smallest absolute Gasteiger partial charge is 0.164 e. The molecule has 4 heteroatoms. The highest BCUT2D eigenvalue weighted by atomic mass is 15.0. The molecule has 0 fully saturated rings. The number of hydrogen-bond donors (Lipinski definition) is 0. The van der Waals surface area contributed by atoms with Crippen LogP contribution in [0, 0.1) is 25.2 Å². The lowest BCUT2D eigenvalue weighted by atomic mass is 9.86. The molecule has 0 N–H and O–H groups in total. The van der Waals surface area contributed by atoms with E-state index in [0.29, 0.717) is 23.0 Å². The van der Waals surface area contributed by atoms with Crippen LogP contribution in [-0.2, 0) is 0 Å². The van der Waals surface area contributed by atoms with Crippen LogP contribution in [0.25, 0.3) is 112 Å². The number of nitrogens with zero attached hydrogens (tertiary/aromatic N) is 4. The Morgan fingerprint density at radius 3 is 1.31 bits per heavy atom. The van der Waals surface area contributed by atoms with E-state index < -0.39 is 0 Å². The first-order valence-corrected chi connectivity index (χ1v) is 20.9. The summed E-state index contributed by atoms with van der Waals surface area (Å²) in [5.41, 5.74) is 19.3. The molecule has 0 saturated carbocycles. The summed E-state index contributed by atoms with van der Waals surface area (Å²) >= 11 is 0. The lowest BCUT2D eigenvalue weighted by Gasteiger charge is -2.18. The minimum Gasteiger partial charge on any atom is -0.208 e. The highest BCUT2D eigenvalue weighted by molar-refractivity contribution is 6.18. The van der Waals surface area contributed by atoms with Gasteiger partial charge in [0.1, 0.15) is 0 Å². The SMILES string of the molecule is Cc1ccc(-c2nc(-c3ccc(C)cc3)nc(-c3ccccc3-c3cc(C#N)ccc3-c3ccccc3-c3ccc(-c4ccc5c6c(cccc46)-c4ccccc4-5)cc3)n2)cc1. The van der Waals surface area contributed by atoms with Gasteiger partial charge >= 0.3 is 0 Å². The molecule has 0 spiro atoms. The fourth-order valence-electron chi connectivity index (χ4n) is 9.00. The van der Waals surface area contributed by atoms with E-state index in [1.807, 2.05) is 24.3 Å². The standard InChI is InChI=1S/C58H38N4/c1-36-18-23-41(24-19-36)56-60-57(42-25-20-37(2)21-26-42)62-58(61-56)53-15-8-7-14-48(53)54-34-38(35-59)22-31-49(54)45-11-4-3-10-43(45)39-27-29-40(30-28-39)44-32-33-52-47-13-6-5-12-46(47)51-17-9-16-50(44)55(51)52/h3-34H,1-2H3. The number of hydrogen-bond acceptors (Lipinski definition) is 4. The van der Waals surface area contributed by atoms with E-state index in [-0.39, 0.29) is 0 Å². The molecule has 1 aliphatic rings. The lowest BCUT2D eigenvalue weighted by molar-refractivity contribution is 1.07. The van der Waals surface area contributed by atoms with Crippen molar-refractivity contribution in [2.75, 3.05) is 0 Å². The molecule has 0 bridgehead atoms. The van der Waals surface area contributed by atoms with Crippen molar-refractivity contribution in [3.8, 4) is 107 Å². The van der Waals surface area contributed by atoms with Crippen LogP contribution in [0.3, 0.4) is 0 Å². The Bertz CT molecular complexity index is 3320. The van der Waals surface area contributed by atoms with E-state index >= 15 is 0 Å². The van der Waals surface area contributed by atoms with Gasteiger partial charge < -0.3 is 0 Å². The highest BCUT2D eigenvalue weighted by Crippen LogP contribution is 2.49. The number of nitriles is 1. The second-order valence-corrected chi connectivity index (χ2v) is 16.0. The van der Waals surface area contributed by atoms with E-state index in [4.69, 9.17) is 15.0 Å². The first-order valence-electron chi connectivity index (χ1n) is 20.9. The Labute approximate surface area is 361 Å². The number of aromatic nitrogens is 3. The van der Waals surface area contributed by atoms with Crippen LogP contribution in [0.2, 0.25) is 0 Å². The van der Waals surface area contributed by atoms with Crippen LogP contribution < -0.4 is 0 Å². The molecule has 9 aromatic carbocycles. The average Bonchev–Trinajstić information content (AvgIpc) is 3.66. The molecule has 0 aliphatic heterocycles. The summed E-state index contributed by atoms with van der Waals surface area (Å²) in [7, 11) is 0. The summed E-state index contributed by atoms with van der Waals surface area (Å²) in [4.78, 5) is 15.3. The average molecular weight is 791 g/mol. The van der Waals surface area contributed by atoms with Gasteiger partial charge in [0.2, 0.25) is 0 Å². The Hall–Kier alpha value is -8.26. The molecule has 4 nitrogen and oxygen atoms in total. The Morgan fingerprint density at radius 2 is 0.726 bits per heavy atom. The van der Waals surface area contributed by atoms with Gasteiger partial charge in [-0.1, -0.05) is 193 Å². The van der Waals surface area contributed by atoms with Gasteiger partial charge in [-0.05, 0) is 104 Å². The van der Waals surface area contributed by atoms with Gasteiger partial charge in [-0.25, -0.2) is 15.0 Å². The van der Waals surface area contributed by atoms with Crippen molar-refractivity contribution in [1.29, 1.82) is 5.26 Å². The topological polar surface area (TPSA) is 62.5 Å². The molecule has 0 unspecified atom stereocenters. The lowest BCUT2D eigenvalue weighted by Crippen LogP contribution is -2.01. The maximum Gasteiger partial charge on any atom is 0.164 e. The van der Waals surface area contributed by atoms with Crippen molar-refractivity contribution >= 4 is 10.8 Å². The third-order valence-corrected chi connectivity index (χ3v) is 12.1. The number of rotatable bonds is 7. The molecule has 290 valence electrons. The molecule has 0 atom stereocenters. The molecule has 0 amide bonds. The fourth-order valence-corrected chi connectivity index (χ4v) is 9.00. The Balaban J connectivity index is 1.02. The minimum absolute atomic E-state index is 0.561. The van der Waals surface area contributed by atoms with Crippen LogP contribution in [-0.4, -0.2) is 15.0 Å².